The molecule has 32 heavy (non-hydrogen) atoms. The molecule has 2 aromatic heterocycles. The van der Waals surface area contributed by atoms with Crippen LogP contribution in [0.5, 0.6) is 17.2 Å². The van der Waals surface area contributed by atoms with Crippen molar-refractivity contribution in [3.05, 3.63) is 60.0 Å². The molecule has 0 radical (unpaired) electrons. The minimum absolute atomic E-state index is 0.122. The van der Waals surface area contributed by atoms with Crippen molar-refractivity contribution >= 4 is 27.8 Å². The molecule has 0 fully saturated rings. The van der Waals surface area contributed by atoms with Gasteiger partial charge in [-0.05, 0) is 64.3 Å². The fourth-order valence-corrected chi connectivity index (χ4v) is 3.68. The summed E-state index contributed by atoms with van der Waals surface area (Å²) in [5, 5.41) is 4.63. The molecule has 0 spiro atoms. The third-order valence-electron chi connectivity index (χ3n) is 5.27. The van der Waals surface area contributed by atoms with Crippen molar-refractivity contribution < 1.29 is 18.7 Å². The van der Waals surface area contributed by atoms with Gasteiger partial charge >= 0.3 is 0 Å². The SMILES string of the molecule is COc1ccc2c(Oc3ccc4c(C(=O)NCCCN(C)C)c(C)oc4c3)ccnc2c1. The number of fused-ring (bicyclic) bond motifs is 2. The first kappa shape index (κ1) is 21.6. The van der Waals surface area contributed by atoms with Gasteiger partial charge in [-0.25, -0.2) is 0 Å². The van der Waals surface area contributed by atoms with E-state index in [1.165, 1.54) is 0 Å². The number of ether oxygens (including phenoxy) is 2. The van der Waals surface area contributed by atoms with Crippen LogP contribution in [0.1, 0.15) is 22.5 Å². The van der Waals surface area contributed by atoms with E-state index >= 15 is 0 Å². The van der Waals surface area contributed by atoms with Crippen LogP contribution in [0.2, 0.25) is 0 Å². The Morgan fingerprint density at radius 1 is 1.09 bits per heavy atom. The summed E-state index contributed by atoms with van der Waals surface area (Å²) >= 11 is 0. The molecule has 166 valence electrons. The summed E-state index contributed by atoms with van der Waals surface area (Å²) in [4.78, 5) is 19.2. The number of rotatable bonds is 8. The van der Waals surface area contributed by atoms with E-state index in [2.05, 4.69) is 15.2 Å². The van der Waals surface area contributed by atoms with Gasteiger partial charge in [0.1, 0.15) is 28.6 Å². The van der Waals surface area contributed by atoms with E-state index in [0.717, 1.165) is 35.0 Å². The van der Waals surface area contributed by atoms with E-state index in [1.54, 1.807) is 26.3 Å². The minimum atomic E-state index is -0.122. The molecule has 7 nitrogen and oxygen atoms in total. The highest BCUT2D eigenvalue weighted by atomic mass is 16.5. The van der Waals surface area contributed by atoms with Gasteiger partial charge in [-0.2, -0.15) is 0 Å². The van der Waals surface area contributed by atoms with Gasteiger partial charge in [0.25, 0.3) is 5.91 Å². The van der Waals surface area contributed by atoms with E-state index in [9.17, 15) is 4.79 Å². The van der Waals surface area contributed by atoms with Gasteiger partial charge in [-0.3, -0.25) is 9.78 Å². The highest BCUT2D eigenvalue weighted by Crippen LogP contribution is 2.34. The number of nitrogens with one attached hydrogen (secondary N) is 1. The molecule has 1 N–H and O–H groups in total. The number of methoxy groups -OCH3 is 1. The normalized spacial score (nSPS) is 11.3. The van der Waals surface area contributed by atoms with Gasteiger partial charge in [-0.1, -0.05) is 0 Å². The molecule has 0 bridgehead atoms. The summed E-state index contributed by atoms with van der Waals surface area (Å²) in [5.41, 5.74) is 1.96. The Labute approximate surface area is 186 Å². The molecule has 2 heterocycles. The van der Waals surface area contributed by atoms with Crippen LogP contribution in [0.3, 0.4) is 0 Å². The zero-order valence-corrected chi connectivity index (χ0v) is 18.8. The van der Waals surface area contributed by atoms with Gasteiger partial charge < -0.3 is 24.1 Å². The number of hydrogen-bond acceptors (Lipinski definition) is 6. The number of furan rings is 1. The Balaban J connectivity index is 1.56. The molecule has 7 heteroatoms. The molecule has 0 aliphatic heterocycles. The second-order valence-electron chi connectivity index (χ2n) is 7.90. The maximum Gasteiger partial charge on any atom is 0.255 e. The summed E-state index contributed by atoms with van der Waals surface area (Å²) in [5.74, 6) is 2.50. The lowest BCUT2D eigenvalue weighted by Gasteiger charge is -2.10. The second kappa shape index (κ2) is 9.28. The van der Waals surface area contributed by atoms with Gasteiger partial charge in [-0.15, -0.1) is 0 Å². The standard InChI is InChI=1S/C25H27N3O4/c1-16-24(25(29)27-11-5-13-28(2)3)20-9-7-18(15-23(20)31-16)32-22-10-12-26-21-14-17(30-4)6-8-19(21)22/h6-10,12,14-15H,5,11,13H2,1-4H3,(H,27,29). The van der Waals surface area contributed by atoms with Crippen molar-refractivity contribution in [2.75, 3.05) is 34.3 Å². The van der Waals surface area contributed by atoms with Crippen LogP contribution in [0.25, 0.3) is 21.9 Å². The van der Waals surface area contributed by atoms with E-state index in [1.807, 2.05) is 50.5 Å². The van der Waals surface area contributed by atoms with Crippen LogP contribution in [-0.2, 0) is 0 Å². The Bertz CT molecular complexity index is 1260. The predicted molar refractivity (Wildman–Crippen MR) is 125 cm³/mol. The zero-order valence-electron chi connectivity index (χ0n) is 18.8. The number of nitrogens with zero attached hydrogens (tertiary/aromatic N) is 2. The number of hydrogen-bond donors (Lipinski definition) is 1. The number of aryl methyl sites for hydroxylation is 1. The second-order valence-corrected chi connectivity index (χ2v) is 7.90. The average molecular weight is 434 g/mol. The van der Waals surface area contributed by atoms with Crippen molar-refractivity contribution in [2.45, 2.75) is 13.3 Å². The Kier molecular flexibility index (Phi) is 6.28. The average Bonchev–Trinajstić information content (AvgIpc) is 3.11. The van der Waals surface area contributed by atoms with Crippen molar-refractivity contribution in [1.82, 2.24) is 15.2 Å². The molecular weight excluding hydrogens is 406 g/mol. The Morgan fingerprint density at radius 2 is 1.88 bits per heavy atom. The summed E-state index contributed by atoms with van der Waals surface area (Å²) in [7, 11) is 5.65. The number of pyridine rings is 1. The largest absolute Gasteiger partial charge is 0.497 e. The summed E-state index contributed by atoms with van der Waals surface area (Å²) in [6.07, 6.45) is 2.59. The maximum atomic E-state index is 12.7. The number of benzene rings is 2. The predicted octanol–water partition coefficient (Wildman–Crippen LogP) is 4.77. The number of aromatic nitrogens is 1. The van der Waals surface area contributed by atoms with Crippen LogP contribution >= 0.6 is 0 Å². The third-order valence-corrected chi connectivity index (χ3v) is 5.27. The molecule has 0 saturated heterocycles. The van der Waals surface area contributed by atoms with Gasteiger partial charge in [0, 0.05) is 35.6 Å². The van der Waals surface area contributed by atoms with Crippen LogP contribution in [-0.4, -0.2) is 50.1 Å². The number of amides is 1. The lowest BCUT2D eigenvalue weighted by atomic mass is 10.1. The lowest BCUT2D eigenvalue weighted by molar-refractivity contribution is 0.0952. The third kappa shape index (κ3) is 4.53. The first-order valence-corrected chi connectivity index (χ1v) is 10.5. The van der Waals surface area contributed by atoms with Gasteiger partial charge in [0.05, 0.1) is 18.2 Å². The van der Waals surface area contributed by atoms with Gasteiger partial charge in [0.15, 0.2) is 0 Å². The molecule has 0 unspecified atom stereocenters. The quantitative estimate of drug-likeness (QED) is 0.403. The molecule has 4 rings (SSSR count). The molecule has 0 saturated carbocycles. The molecule has 1 amide bonds. The van der Waals surface area contributed by atoms with Crippen LogP contribution in [0, 0.1) is 6.92 Å². The zero-order chi connectivity index (χ0) is 22.7. The van der Waals surface area contributed by atoms with Crippen molar-refractivity contribution in [1.29, 1.82) is 0 Å². The highest BCUT2D eigenvalue weighted by Gasteiger charge is 2.18. The van der Waals surface area contributed by atoms with Crippen LogP contribution in [0.15, 0.2) is 53.1 Å². The van der Waals surface area contributed by atoms with Gasteiger partial charge in [0.2, 0.25) is 0 Å². The fourth-order valence-electron chi connectivity index (χ4n) is 3.68. The molecule has 0 atom stereocenters. The van der Waals surface area contributed by atoms with Crippen molar-refractivity contribution in [2.24, 2.45) is 0 Å². The van der Waals surface area contributed by atoms with Crippen molar-refractivity contribution in [3.63, 3.8) is 0 Å². The minimum Gasteiger partial charge on any atom is -0.497 e. The van der Waals surface area contributed by atoms with E-state index in [0.29, 0.717) is 35.0 Å². The first-order valence-electron chi connectivity index (χ1n) is 10.5. The topological polar surface area (TPSA) is 76.8 Å². The number of carbonyl (C=O) groups is 1. The van der Waals surface area contributed by atoms with Crippen LogP contribution < -0.4 is 14.8 Å². The van der Waals surface area contributed by atoms with E-state index < -0.39 is 0 Å². The van der Waals surface area contributed by atoms with Crippen molar-refractivity contribution in [3.8, 4) is 17.2 Å². The van der Waals surface area contributed by atoms with Crippen LogP contribution in [0.4, 0.5) is 0 Å². The molecule has 4 aromatic rings. The van der Waals surface area contributed by atoms with E-state index in [-0.39, 0.29) is 5.91 Å². The fraction of sp³-hybridized carbons (Fsp3) is 0.280. The number of carbonyl (C=O) groups excluding carboxylic acids is 1. The smallest absolute Gasteiger partial charge is 0.255 e. The monoisotopic (exact) mass is 433 g/mol. The molecule has 0 aliphatic rings. The maximum absolute atomic E-state index is 12.7. The summed E-state index contributed by atoms with van der Waals surface area (Å²) < 4.78 is 17.3. The molecule has 0 aliphatic carbocycles. The Hall–Kier alpha value is -3.58. The summed E-state index contributed by atoms with van der Waals surface area (Å²) in [6, 6.07) is 13.0. The highest BCUT2D eigenvalue weighted by molar-refractivity contribution is 6.07. The molecule has 2 aromatic carbocycles. The lowest BCUT2D eigenvalue weighted by Crippen LogP contribution is -2.27. The Morgan fingerprint density at radius 3 is 2.66 bits per heavy atom. The van der Waals surface area contributed by atoms with E-state index in [4.69, 9.17) is 13.9 Å². The molecular formula is C25H27N3O4. The summed E-state index contributed by atoms with van der Waals surface area (Å²) in [6.45, 7) is 3.34. The first-order chi connectivity index (χ1) is 15.5.